The Labute approximate surface area is 110 Å². The molecule has 1 nitrogen and oxygen atoms in total. The summed E-state index contributed by atoms with van der Waals surface area (Å²) in [6.45, 7) is 7.76. The lowest BCUT2D eigenvalue weighted by molar-refractivity contribution is 0.439. The Kier molecular flexibility index (Phi) is 4.38. The molecule has 0 saturated heterocycles. The molecule has 0 aliphatic heterocycles. The monoisotopic (exact) mass is 241 g/mol. The van der Waals surface area contributed by atoms with Gasteiger partial charge in [-0.05, 0) is 41.3 Å². The Morgan fingerprint density at radius 2 is 1.72 bits per heavy atom. The molecule has 0 fully saturated rings. The van der Waals surface area contributed by atoms with E-state index in [9.17, 15) is 0 Å². The maximum Gasteiger partial charge on any atom is 0.0322 e. The van der Waals surface area contributed by atoms with E-state index in [1.165, 1.54) is 22.8 Å². The van der Waals surface area contributed by atoms with Crippen LogP contribution in [0.4, 0.5) is 0 Å². The molecule has 0 amide bonds. The maximum absolute atomic E-state index is 3.59. The fourth-order valence-corrected chi connectivity index (χ4v) is 2.48. The minimum absolute atomic E-state index is 0.472. The molecule has 1 unspecified atom stereocenters. The van der Waals surface area contributed by atoms with Gasteiger partial charge in [0.25, 0.3) is 0 Å². The van der Waals surface area contributed by atoms with Crippen molar-refractivity contribution in [2.45, 2.75) is 33.2 Å². The van der Waals surface area contributed by atoms with Crippen LogP contribution in [0.2, 0.25) is 0 Å². The van der Waals surface area contributed by atoms with Crippen molar-refractivity contribution in [1.29, 1.82) is 0 Å². The molecule has 0 saturated carbocycles. The van der Waals surface area contributed by atoms with Gasteiger partial charge in [0.2, 0.25) is 0 Å². The molecule has 2 aromatic carbocycles. The Morgan fingerprint density at radius 1 is 1.00 bits per heavy atom. The van der Waals surface area contributed by atoms with Crippen LogP contribution in [0.15, 0.2) is 42.5 Å². The molecule has 18 heavy (non-hydrogen) atoms. The molecule has 0 radical (unpaired) electrons. The van der Waals surface area contributed by atoms with Crippen molar-refractivity contribution in [3.63, 3.8) is 0 Å². The number of benzene rings is 2. The molecule has 1 heteroatoms. The van der Waals surface area contributed by atoms with Crippen LogP contribution in [0.3, 0.4) is 0 Å². The van der Waals surface area contributed by atoms with Crippen molar-refractivity contribution in [3.05, 3.63) is 48.0 Å². The first-order valence-electron chi connectivity index (χ1n) is 6.92. The van der Waals surface area contributed by atoms with Crippen molar-refractivity contribution in [2.24, 2.45) is 5.92 Å². The Hall–Kier alpha value is -1.34. The Balaban J connectivity index is 2.31. The van der Waals surface area contributed by atoms with Crippen molar-refractivity contribution >= 4 is 10.8 Å². The second-order valence-electron chi connectivity index (χ2n) is 5.35. The second kappa shape index (κ2) is 6.01. The van der Waals surface area contributed by atoms with Crippen LogP contribution in [-0.4, -0.2) is 6.54 Å². The first kappa shape index (κ1) is 13.1. The second-order valence-corrected chi connectivity index (χ2v) is 5.35. The number of hydrogen-bond acceptors (Lipinski definition) is 1. The third-order valence-corrected chi connectivity index (χ3v) is 3.33. The molecule has 1 atom stereocenters. The van der Waals surface area contributed by atoms with E-state index in [1.54, 1.807) is 0 Å². The lowest BCUT2D eigenvalue weighted by Gasteiger charge is -2.20. The standard InChI is InChI=1S/C17H23N/c1-4-18-17(11-13(2)3)16-10-9-14-7-5-6-8-15(14)12-16/h5-10,12-13,17-18H,4,11H2,1-3H3. The topological polar surface area (TPSA) is 12.0 Å². The van der Waals surface area contributed by atoms with E-state index < -0.39 is 0 Å². The predicted molar refractivity (Wildman–Crippen MR) is 79.8 cm³/mol. The van der Waals surface area contributed by atoms with Gasteiger partial charge in [-0.1, -0.05) is 57.2 Å². The number of fused-ring (bicyclic) bond motifs is 1. The summed E-state index contributed by atoms with van der Waals surface area (Å²) in [5, 5.41) is 6.25. The van der Waals surface area contributed by atoms with Gasteiger partial charge in [0.1, 0.15) is 0 Å². The maximum atomic E-state index is 3.59. The van der Waals surface area contributed by atoms with Gasteiger partial charge in [0, 0.05) is 6.04 Å². The van der Waals surface area contributed by atoms with Crippen LogP contribution < -0.4 is 5.32 Å². The van der Waals surface area contributed by atoms with E-state index >= 15 is 0 Å². The quantitative estimate of drug-likeness (QED) is 0.810. The van der Waals surface area contributed by atoms with Gasteiger partial charge in [-0.2, -0.15) is 0 Å². The van der Waals surface area contributed by atoms with Crippen LogP contribution in [-0.2, 0) is 0 Å². The van der Waals surface area contributed by atoms with Crippen LogP contribution >= 0.6 is 0 Å². The molecule has 0 heterocycles. The summed E-state index contributed by atoms with van der Waals surface area (Å²) in [7, 11) is 0. The summed E-state index contributed by atoms with van der Waals surface area (Å²) >= 11 is 0. The Morgan fingerprint density at radius 3 is 2.39 bits per heavy atom. The molecule has 0 aromatic heterocycles. The summed E-state index contributed by atoms with van der Waals surface area (Å²) in [5.41, 5.74) is 1.41. The van der Waals surface area contributed by atoms with E-state index in [-0.39, 0.29) is 0 Å². The molecule has 0 spiro atoms. The van der Waals surface area contributed by atoms with Crippen LogP contribution in [0.1, 0.15) is 38.8 Å². The number of rotatable bonds is 5. The van der Waals surface area contributed by atoms with Gasteiger partial charge in [-0.25, -0.2) is 0 Å². The first-order valence-corrected chi connectivity index (χ1v) is 6.92. The zero-order valence-electron chi connectivity index (χ0n) is 11.6. The summed E-state index contributed by atoms with van der Waals surface area (Å²) in [6.07, 6.45) is 1.19. The molecule has 1 N–H and O–H groups in total. The highest BCUT2D eigenvalue weighted by molar-refractivity contribution is 5.83. The first-order chi connectivity index (χ1) is 8.70. The van der Waals surface area contributed by atoms with Crippen molar-refractivity contribution in [3.8, 4) is 0 Å². The van der Waals surface area contributed by atoms with E-state index in [0.29, 0.717) is 12.0 Å². The molecule has 2 rings (SSSR count). The van der Waals surface area contributed by atoms with E-state index in [2.05, 4.69) is 68.6 Å². The molecule has 0 aliphatic carbocycles. The number of hydrogen-bond donors (Lipinski definition) is 1. The summed E-state index contributed by atoms with van der Waals surface area (Å²) in [6, 6.07) is 15.9. The van der Waals surface area contributed by atoms with Gasteiger partial charge >= 0.3 is 0 Å². The minimum Gasteiger partial charge on any atom is -0.310 e. The fourth-order valence-electron chi connectivity index (χ4n) is 2.48. The summed E-state index contributed by atoms with van der Waals surface area (Å²) < 4.78 is 0. The van der Waals surface area contributed by atoms with Crippen molar-refractivity contribution in [1.82, 2.24) is 5.32 Å². The minimum atomic E-state index is 0.472. The van der Waals surface area contributed by atoms with E-state index in [0.717, 1.165) is 6.54 Å². The summed E-state index contributed by atoms with van der Waals surface area (Å²) in [4.78, 5) is 0. The molecular formula is C17H23N. The lowest BCUT2D eigenvalue weighted by Crippen LogP contribution is -2.22. The SMILES string of the molecule is CCNC(CC(C)C)c1ccc2ccccc2c1. The third kappa shape index (κ3) is 3.11. The van der Waals surface area contributed by atoms with E-state index in [1.807, 2.05) is 0 Å². The van der Waals surface area contributed by atoms with Gasteiger partial charge in [-0.3, -0.25) is 0 Å². The van der Waals surface area contributed by atoms with Gasteiger partial charge in [0.05, 0.1) is 0 Å². The zero-order valence-corrected chi connectivity index (χ0v) is 11.6. The van der Waals surface area contributed by atoms with Crippen molar-refractivity contribution in [2.75, 3.05) is 6.54 Å². The van der Waals surface area contributed by atoms with Crippen LogP contribution in [0, 0.1) is 5.92 Å². The molecular weight excluding hydrogens is 218 g/mol. The highest BCUT2D eigenvalue weighted by Gasteiger charge is 2.12. The normalized spacial score (nSPS) is 13.1. The molecule has 2 aromatic rings. The van der Waals surface area contributed by atoms with Crippen molar-refractivity contribution < 1.29 is 0 Å². The van der Waals surface area contributed by atoms with E-state index in [4.69, 9.17) is 0 Å². The average molecular weight is 241 g/mol. The highest BCUT2D eigenvalue weighted by atomic mass is 14.9. The smallest absolute Gasteiger partial charge is 0.0322 e. The van der Waals surface area contributed by atoms with Crippen LogP contribution in [0.25, 0.3) is 10.8 Å². The molecule has 0 aliphatic rings. The lowest BCUT2D eigenvalue weighted by atomic mass is 9.95. The Bertz CT molecular complexity index is 502. The van der Waals surface area contributed by atoms with Gasteiger partial charge in [0.15, 0.2) is 0 Å². The largest absolute Gasteiger partial charge is 0.310 e. The zero-order chi connectivity index (χ0) is 13.0. The summed E-state index contributed by atoms with van der Waals surface area (Å²) in [5.74, 6) is 0.709. The van der Waals surface area contributed by atoms with Gasteiger partial charge < -0.3 is 5.32 Å². The van der Waals surface area contributed by atoms with Crippen LogP contribution in [0.5, 0.6) is 0 Å². The fraction of sp³-hybridized carbons (Fsp3) is 0.412. The predicted octanol–water partition coefficient (Wildman–Crippen LogP) is 4.54. The molecule has 0 bridgehead atoms. The molecule has 96 valence electrons. The third-order valence-electron chi connectivity index (χ3n) is 3.33. The average Bonchev–Trinajstić information content (AvgIpc) is 2.37. The highest BCUT2D eigenvalue weighted by Crippen LogP contribution is 2.24. The van der Waals surface area contributed by atoms with Gasteiger partial charge in [-0.15, -0.1) is 0 Å². The number of nitrogens with one attached hydrogen (secondary N) is 1.